The van der Waals surface area contributed by atoms with E-state index in [1.165, 1.54) is 29.8 Å². The summed E-state index contributed by atoms with van der Waals surface area (Å²) in [6.07, 6.45) is 3.87. The third-order valence-corrected chi connectivity index (χ3v) is 9.29. The fraction of sp³-hybridized carbons (Fsp3) is 0.519. The van der Waals surface area contributed by atoms with E-state index in [1.54, 1.807) is 4.31 Å². The number of hydrogen-bond acceptors (Lipinski definition) is 5. The Labute approximate surface area is 208 Å². The number of benzene rings is 2. The number of sulfonamides is 1. The number of ether oxygens (including phenoxy) is 1. The number of aromatic carboxylic acids is 1. The molecule has 2 saturated heterocycles. The van der Waals surface area contributed by atoms with Crippen LogP contribution >= 0.6 is 0 Å². The van der Waals surface area contributed by atoms with Crippen molar-refractivity contribution in [1.29, 1.82) is 0 Å². The summed E-state index contributed by atoms with van der Waals surface area (Å²) < 4.78 is 33.7. The maximum absolute atomic E-state index is 13.1. The van der Waals surface area contributed by atoms with Gasteiger partial charge in [-0.2, -0.15) is 4.31 Å². The first-order valence-electron chi connectivity index (χ1n) is 12.5. The number of carboxylic acids is 1. The molecule has 2 aliphatic rings. The molecule has 1 spiro atoms. The summed E-state index contributed by atoms with van der Waals surface area (Å²) in [7, 11) is -3.61. The van der Waals surface area contributed by atoms with Crippen LogP contribution in [0.15, 0.2) is 53.4 Å². The zero-order chi connectivity index (χ0) is 25.1. The summed E-state index contributed by atoms with van der Waals surface area (Å²) in [6, 6.07) is 13.8. The second kappa shape index (κ2) is 10.7. The van der Waals surface area contributed by atoms with E-state index in [-0.39, 0.29) is 15.9 Å². The number of rotatable bonds is 8. The standard InChI is InChI=1S/C27H36N2O5S/c1-21(2)20-34-25-6-4-3-5-23(25)19-28-15-11-27(12-16-28)13-17-29(18-14-27)35(32,33)24-9-7-22(8-10-24)26(30)31/h3-10,21H,11-20H2,1-2H3,(H,30,31). The van der Waals surface area contributed by atoms with Crippen molar-refractivity contribution in [3.8, 4) is 5.75 Å². The molecule has 4 rings (SSSR count). The Bertz CT molecular complexity index is 1110. The van der Waals surface area contributed by atoms with Crippen molar-refractivity contribution in [1.82, 2.24) is 9.21 Å². The molecule has 0 saturated carbocycles. The minimum atomic E-state index is -3.61. The van der Waals surface area contributed by atoms with Crippen LogP contribution in [-0.4, -0.2) is 61.5 Å². The quantitative estimate of drug-likeness (QED) is 0.575. The smallest absolute Gasteiger partial charge is 0.335 e. The summed E-state index contributed by atoms with van der Waals surface area (Å²) in [5, 5.41) is 9.06. The number of likely N-dealkylation sites (tertiary alicyclic amines) is 1. The van der Waals surface area contributed by atoms with Gasteiger partial charge in [-0.1, -0.05) is 32.0 Å². The Balaban J connectivity index is 1.32. The van der Waals surface area contributed by atoms with Crippen molar-refractivity contribution in [2.75, 3.05) is 32.8 Å². The van der Waals surface area contributed by atoms with Crippen LogP contribution in [0.1, 0.15) is 55.5 Å². The van der Waals surface area contributed by atoms with E-state index in [1.807, 2.05) is 6.07 Å². The highest BCUT2D eigenvalue weighted by Gasteiger charge is 2.40. The topological polar surface area (TPSA) is 87.2 Å². The molecule has 7 nitrogen and oxygen atoms in total. The third-order valence-electron chi connectivity index (χ3n) is 7.38. The van der Waals surface area contributed by atoms with E-state index in [4.69, 9.17) is 9.84 Å². The van der Waals surface area contributed by atoms with Crippen molar-refractivity contribution in [3.63, 3.8) is 0 Å². The van der Waals surface area contributed by atoms with Crippen molar-refractivity contribution >= 4 is 16.0 Å². The van der Waals surface area contributed by atoms with Crippen LogP contribution in [0.2, 0.25) is 0 Å². The molecule has 8 heteroatoms. The van der Waals surface area contributed by atoms with Gasteiger partial charge in [0.25, 0.3) is 0 Å². The summed E-state index contributed by atoms with van der Waals surface area (Å²) in [5.74, 6) is 0.389. The monoisotopic (exact) mass is 500 g/mol. The Hall–Kier alpha value is -2.42. The molecule has 2 aromatic carbocycles. The summed E-state index contributed by atoms with van der Waals surface area (Å²) >= 11 is 0. The zero-order valence-electron chi connectivity index (χ0n) is 20.7. The zero-order valence-corrected chi connectivity index (χ0v) is 21.5. The average molecular weight is 501 g/mol. The van der Waals surface area contributed by atoms with E-state index in [0.29, 0.717) is 25.6 Å². The Morgan fingerprint density at radius 3 is 2.17 bits per heavy atom. The number of carboxylic acid groups (broad SMARTS) is 1. The van der Waals surface area contributed by atoms with Crippen molar-refractivity contribution in [3.05, 3.63) is 59.7 Å². The fourth-order valence-corrected chi connectivity index (χ4v) is 6.52. The van der Waals surface area contributed by atoms with Gasteiger partial charge < -0.3 is 9.84 Å². The Kier molecular flexibility index (Phi) is 7.83. The molecular weight excluding hydrogens is 464 g/mol. The molecule has 2 heterocycles. The Morgan fingerprint density at radius 2 is 1.57 bits per heavy atom. The maximum Gasteiger partial charge on any atom is 0.335 e. The van der Waals surface area contributed by atoms with Crippen LogP contribution in [0.25, 0.3) is 0 Å². The normalized spacial score (nSPS) is 19.2. The lowest BCUT2D eigenvalue weighted by molar-refractivity contribution is 0.0525. The molecule has 0 aliphatic carbocycles. The highest BCUT2D eigenvalue weighted by molar-refractivity contribution is 7.89. The molecule has 0 atom stereocenters. The maximum atomic E-state index is 13.1. The van der Waals surface area contributed by atoms with Crippen molar-refractivity contribution < 1.29 is 23.1 Å². The van der Waals surface area contributed by atoms with Gasteiger partial charge in [0.1, 0.15) is 5.75 Å². The van der Waals surface area contributed by atoms with Gasteiger partial charge in [0, 0.05) is 25.2 Å². The van der Waals surface area contributed by atoms with E-state index in [9.17, 15) is 13.2 Å². The Morgan fingerprint density at radius 1 is 0.971 bits per heavy atom. The van der Waals surface area contributed by atoms with Crippen LogP contribution < -0.4 is 4.74 Å². The number of nitrogens with zero attached hydrogens (tertiary/aromatic N) is 2. The molecule has 0 aromatic heterocycles. The first kappa shape index (κ1) is 25.7. The van der Waals surface area contributed by atoms with Gasteiger partial charge in [-0.15, -0.1) is 0 Å². The molecule has 1 N–H and O–H groups in total. The molecule has 2 aromatic rings. The van der Waals surface area contributed by atoms with Crippen LogP contribution in [0.3, 0.4) is 0 Å². The van der Waals surface area contributed by atoms with Crippen molar-refractivity contribution in [2.24, 2.45) is 11.3 Å². The summed E-state index contributed by atoms with van der Waals surface area (Å²) in [5.41, 5.74) is 1.50. The predicted octanol–water partition coefficient (Wildman–Crippen LogP) is 4.49. The van der Waals surface area contributed by atoms with Gasteiger partial charge in [0.15, 0.2) is 0 Å². The first-order valence-corrected chi connectivity index (χ1v) is 13.9. The number of para-hydroxylation sites is 1. The SMILES string of the molecule is CC(C)COc1ccccc1CN1CCC2(CC1)CCN(S(=O)(=O)c1ccc(C(=O)O)cc1)CC2. The fourth-order valence-electron chi connectivity index (χ4n) is 5.08. The molecule has 190 valence electrons. The van der Waals surface area contributed by atoms with Crippen LogP contribution in [-0.2, 0) is 16.6 Å². The van der Waals surface area contributed by atoms with E-state index >= 15 is 0 Å². The van der Waals surface area contributed by atoms with Crippen LogP contribution in [0.5, 0.6) is 5.75 Å². The molecule has 2 aliphatic heterocycles. The summed E-state index contributed by atoms with van der Waals surface area (Å²) in [4.78, 5) is 13.7. The van der Waals surface area contributed by atoms with Gasteiger partial charge in [0.2, 0.25) is 10.0 Å². The lowest BCUT2D eigenvalue weighted by Gasteiger charge is -2.46. The lowest BCUT2D eigenvalue weighted by Crippen LogP contribution is -2.48. The van der Waals surface area contributed by atoms with Crippen molar-refractivity contribution in [2.45, 2.75) is 51.0 Å². The highest BCUT2D eigenvalue weighted by atomic mass is 32.2. The molecule has 2 fully saturated rings. The van der Waals surface area contributed by atoms with Gasteiger partial charge in [0.05, 0.1) is 17.1 Å². The minimum absolute atomic E-state index is 0.0856. The van der Waals surface area contributed by atoms with Gasteiger partial charge >= 0.3 is 5.97 Å². The van der Waals surface area contributed by atoms with E-state index < -0.39 is 16.0 Å². The van der Waals surface area contributed by atoms with Crippen LogP contribution in [0.4, 0.5) is 0 Å². The molecule has 35 heavy (non-hydrogen) atoms. The molecule has 0 bridgehead atoms. The highest BCUT2D eigenvalue weighted by Crippen LogP contribution is 2.42. The molecule has 0 unspecified atom stereocenters. The van der Waals surface area contributed by atoms with E-state index in [2.05, 4.69) is 36.9 Å². The number of carbonyl (C=O) groups is 1. The predicted molar refractivity (Wildman–Crippen MR) is 135 cm³/mol. The molecule has 0 amide bonds. The third kappa shape index (κ3) is 6.05. The first-order chi connectivity index (χ1) is 16.7. The molecule has 0 radical (unpaired) electrons. The second-order valence-corrected chi connectivity index (χ2v) is 12.3. The van der Waals surface area contributed by atoms with Gasteiger partial charge in [-0.05, 0) is 80.4 Å². The van der Waals surface area contributed by atoms with Gasteiger partial charge in [-0.3, -0.25) is 4.90 Å². The van der Waals surface area contributed by atoms with E-state index in [0.717, 1.165) is 51.1 Å². The average Bonchev–Trinajstić information content (AvgIpc) is 2.85. The largest absolute Gasteiger partial charge is 0.493 e. The summed E-state index contributed by atoms with van der Waals surface area (Å²) in [6.45, 7) is 8.91. The second-order valence-electron chi connectivity index (χ2n) is 10.3. The van der Waals surface area contributed by atoms with Crippen LogP contribution in [0, 0.1) is 11.3 Å². The molecular formula is C27H36N2O5S. The minimum Gasteiger partial charge on any atom is -0.493 e. The number of piperidine rings is 2. The number of hydrogen-bond donors (Lipinski definition) is 1. The van der Waals surface area contributed by atoms with Gasteiger partial charge in [-0.25, -0.2) is 13.2 Å². The lowest BCUT2D eigenvalue weighted by atomic mass is 9.71.